The lowest BCUT2D eigenvalue weighted by Crippen LogP contribution is -2.41. The van der Waals surface area contributed by atoms with E-state index in [1.807, 2.05) is 6.07 Å². The van der Waals surface area contributed by atoms with E-state index in [4.69, 9.17) is 18.6 Å². The molecule has 0 spiro atoms. The van der Waals surface area contributed by atoms with E-state index in [2.05, 4.69) is 33.9 Å². The summed E-state index contributed by atoms with van der Waals surface area (Å²) in [7, 11) is 2.33. The van der Waals surface area contributed by atoms with Crippen LogP contribution >= 0.6 is 0 Å². The van der Waals surface area contributed by atoms with E-state index in [1.165, 1.54) is 7.11 Å². The van der Waals surface area contributed by atoms with Crippen molar-refractivity contribution in [3.63, 3.8) is 0 Å². The Balaban J connectivity index is 3.27. The molecule has 0 radical (unpaired) electrons. The van der Waals surface area contributed by atoms with Gasteiger partial charge in [-0.05, 0) is 41.9 Å². The molecule has 134 valence electrons. The van der Waals surface area contributed by atoms with Crippen molar-refractivity contribution in [2.24, 2.45) is 0 Å². The lowest BCUT2D eigenvalue weighted by atomic mass is 10.2. The van der Waals surface area contributed by atoms with Crippen LogP contribution in [-0.4, -0.2) is 35.6 Å². The van der Waals surface area contributed by atoms with Crippen LogP contribution in [0.25, 0.3) is 6.08 Å². The zero-order valence-electron chi connectivity index (χ0n) is 15.9. The second-order valence-electron chi connectivity index (χ2n) is 6.98. The maximum atomic E-state index is 12.1. The molecular weight excluding hydrogens is 324 g/mol. The Kier molecular flexibility index (Phi) is 6.48. The van der Waals surface area contributed by atoms with Crippen LogP contribution in [-0.2, 0) is 14.0 Å². The van der Waals surface area contributed by atoms with E-state index >= 15 is 0 Å². The molecule has 0 aliphatic carbocycles. The first-order valence-electron chi connectivity index (χ1n) is 7.76. The van der Waals surface area contributed by atoms with Crippen molar-refractivity contribution in [3.8, 4) is 11.5 Å². The first kappa shape index (κ1) is 20.1. The van der Waals surface area contributed by atoms with Gasteiger partial charge in [-0.1, -0.05) is 26.8 Å². The van der Waals surface area contributed by atoms with Gasteiger partial charge in [0.05, 0.1) is 21.3 Å². The van der Waals surface area contributed by atoms with Gasteiger partial charge in [0, 0.05) is 0 Å². The predicted molar refractivity (Wildman–Crippen MR) is 97.8 cm³/mol. The molecule has 0 atom stereocenters. The molecule has 1 rings (SSSR count). The summed E-state index contributed by atoms with van der Waals surface area (Å²) in [4.78, 5) is 12.1. The van der Waals surface area contributed by atoms with E-state index in [0.717, 1.165) is 5.56 Å². The van der Waals surface area contributed by atoms with Crippen LogP contribution in [0.3, 0.4) is 0 Å². The smallest absolute Gasteiger partial charge is 0.371 e. The molecule has 0 N–H and O–H groups in total. The van der Waals surface area contributed by atoms with E-state index < -0.39 is 14.3 Å². The lowest BCUT2D eigenvalue weighted by molar-refractivity contribution is -0.138. The fraction of sp³-hybridized carbons (Fsp3) is 0.500. The highest BCUT2D eigenvalue weighted by atomic mass is 28.4. The quantitative estimate of drug-likeness (QED) is 0.332. The van der Waals surface area contributed by atoms with Crippen LogP contribution in [0.2, 0.25) is 18.1 Å². The van der Waals surface area contributed by atoms with Crippen LogP contribution in [0, 0.1) is 0 Å². The van der Waals surface area contributed by atoms with Gasteiger partial charge in [0.2, 0.25) is 0 Å². The van der Waals surface area contributed by atoms with Gasteiger partial charge in [0.1, 0.15) is 0 Å². The molecule has 1 aromatic rings. The third-order valence-electron chi connectivity index (χ3n) is 4.26. The van der Waals surface area contributed by atoms with Crippen molar-refractivity contribution in [1.82, 2.24) is 0 Å². The summed E-state index contributed by atoms with van der Waals surface area (Å²) in [5, 5.41) is -0.0301. The Bertz CT molecular complexity index is 614. The Hall–Kier alpha value is -1.95. The number of hydrogen-bond donors (Lipinski definition) is 0. The van der Waals surface area contributed by atoms with Gasteiger partial charge in [-0.3, -0.25) is 0 Å². The number of rotatable bonds is 6. The SMILES string of the molecule is COC(=O)/C(=C/c1ccc(OC)c(OC)c1)O[Si](C)(C)C(C)(C)C. The van der Waals surface area contributed by atoms with Crippen molar-refractivity contribution < 1.29 is 23.4 Å². The lowest BCUT2D eigenvalue weighted by Gasteiger charge is -2.36. The average Bonchev–Trinajstić information content (AvgIpc) is 2.51. The highest BCUT2D eigenvalue weighted by molar-refractivity contribution is 6.74. The molecule has 24 heavy (non-hydrogen) atoms. The third kappa shape index (κ3) is 4.77. The van der Waals surface area contributed by atoms with Crippen molar-refractivity contribution in [2.75, 3.05) is 21.3 Å². The van der Waals surface area contributed by atoms with E-state index in [-0.39, 0.29) is 10.8 Å². The van der Waals surface area contributed by atoms with Gasteiger partial charge in [0.25, 0.3) is 8.32 Å². The van der Waals surface area contributed by atoms with Crippen LogP contribution in [0.1, 0.15) is 26.3 Å². The fourth-order valence-electron chi connectivity index (χ4n) is 1.75. The zero-order chi connectivity index (χ0) is 18.5. The molecule has 0 saturated carbocycles. The summed E-state index contributed by atoms with van der Waals surface area (Å²) in [6.07, 6.45) is 1.67. The third-order valence-corrected chi connectivity index (χ3v) is 8.61. The fourth-order valence-corrected chi connectivity index (χ4v) is 2.75. The van der Waals surface area contributed by atoms with Crippen LogP contribution in [0.5, 0.6) is 11.5 Å². The Labute approximate surface area is 145 Å². The number of hydrogen-bond acceptors (Lipinski definition) is 5. The zero-order valence-corrected chi connectivity index (χ0v) is 16.9. The van der Waals surface area contributed by atoms with Gasteiger partial charge >= 0.3 is 5.97 Å². The number of carbonyl (C=O) groups excluding carboxylic acids is 1. The molecule has 5 nitrogen and oxygen atoms in total. The second-order valence-corrected chi connectivity index (χ2v) is 11.7. The van der Waals surface area contributed by atoms with Crippen molar-refractivity contribution in [3.05, 3.63) is 29.5 Å². The first-order valence-corrected chi connectivity index (χ1v) is 10.7. The van der Waals surface area contributed by atoms with Crippen LogP contribution < -0.4 is 9.47 Å². The Morgan fingerprint density at radius 2 is 1.62 bits per heavy atom. The molecule has 0 bridgehead atoms. The molecule has 1 aromatic carbocycles. The minimum atomic E-state index is -2.17. The normalized spacial score (nSPS) is 12.6. The monoisotopic (exact) mass is 352 g/mol. The summed E-state index contributed by atoms with van der Waals surface area (Å²) in [6.45, 7) is 10.5. The topological polar surface area (TPSA) is 54.0 Å². The molecule has 0 unspecified atom stereocenters. The maximum absolute atomic E-state index is 12.1. The number of esters is 1. The molecule has 0 aliphatic rings. The van der Waals surface area contributed by atoms with Crippen LogP contribution in [0.15, 0.2) is 24.0 Å². The van der Waals surface area contributed by atoms with Crippen molar-refractivity contribution >= 4 is 20.4 Å². The van der Waals surface area contributed by atoms with Gasteiger partial charge in [-0.15, -0.1) is 0 Å². The summed E-state index contributed by atoms with van der Waals surface area (Å²) < 4.78 is 21.5. The number of ether oxygens (including phenoxy) is 3. The number of methoxy groups -OCH3 is 3. The van der Waals surface area contributed by atoms with Crippen LogP contribution in [0.4, 0.5) is 0 Å². The first-order chi connectivity index (χ1) is 11.1. The summed E-state index contributed by atoms with van der Waals surface area (Å²) in [5.74, 6) is 0.924. The molecule has 6 heteroatoms. The minimum Gasteiger partial charge on any atom is -0.539 e. The standard InChI is InChI=1S/C18H28O5Si/c1-18(2,3)24(7,8)23-16(17(19)22-6)12-13-9-10-14(20-4)15(11-13)21-5/h9-12H,1-8H3/b16-12-. The highest BCUT2D eigenvalue weighted by Gasteiger charge is 2.40. The predicted octanol–water partition coefficient (Wildman–Crippen LogP) is 4.24. The Morgan fingerprint density at radius 1 is 1.04 bits per heavy atom. The van der Waals surface area contributed by atoms with Gasteiger partial charge in [0.15, 0.2) is 17.3 Å². The van der Waals surface area contributed by atoms with Gasteiger partial charge in [-0.2, -0.15) is 0 Å². The van der Waals surface area contributed by atoms with E-state index in [0.29, 0.717) is 11.5 Å². The summed E-state index contributed by atoms with van der Waals surface area (Å²) in [5.41, 5.74) is 0.770. The number of carbonyl (C=O) groups is 1. The second kappa shape index (κ2) is 7.74. The molecule has 0 aromatic heterocycles. The van der Waals surface area contributed by atoms with Gasteiger partial charge < -0.3 is 18.6 Å². The van der Waals surface area contributed by atoms with E-state index in [9.17, 15) is 4.79 Å². The molecule has 0 heterocycles. The molecule has 0 saturated heterocycles. The van der Waals surface area contributed by atoms with E-state index in [1.54, 1.807) is 32.4 Å². The maximum Gasteiger partial charge on any atom is 0.371 e. The van der Waals surface area contributed by atoms with Crippen molar-refractivity contribution in [2.45, 2.75) is 38.9 Å². The van der Waals surface area contributed by atoms with Gasteiger partial charge in [-0.25, -0.2) is 4.79 Å². The van der Waals surface area contributed by atoms with Crippen molar-refractivity contribution in [1.29, 1.82) is 0 Å². The average molecular weight is 353 g/mol. The molecule has 0 amide bonds. The molecular formula is C18H28O5Si. The number of benzene rings is 1. The molecule has 0 aliphatic heterocycles. The highest BCUT2D eigenvalue weighted by Crippen LogP contribution is 2.38. The minimum absolute atomic E-state index is 0.0301. The summed E-state index contributed by atoms with van der Waals surface area (Å²) in [6, 6.07) is 5.40. The summed E-state index contributed by atoms with van der Waals surface area (Å²) >= 11 is 0. The largest absolute Gasteiger partial charge is 0.539 e. The Morgan fingerprint density at radius 3 is 2.08 bits per heavy atom. The molecule has 0 fully saturated rings.